The molecule has 1 aliphatic rings. The second kappa shape index (κ2) is 7.59. The number of hydrogen-bond donors (Lipinski definition) is 1. The summed E-state index contributed by atoms with van der Waals surface area (Å²) in [7, 11) is 0. The highest BCUT2D eigenvalue weighted by Crippen LogP contribution is 2.35. The molecule has 28 heavy (non-hydrogen) atoms. The van der Waals surface area contributed by atoms with Crippen LogP contribution in [0.3, 0.4) is 0 Å². The summed E-state index contributed by atoms with van der Waals surface area (Å²) in [5.74, 6) is -0.244. The summed E-state index contributed by atoms with van der Waals surface area (Å²) in [4.78, 5) is 26.8. The van der Waals surface area contributed by atoms with E-state index in [1.165, 1.54) is 46.7 Å². The van der Waals surface area contributed by atoms with Crippen LogP contribution in [0, 0.1) is 11.7 Å². The molecule has 0 saturated heterocycles. The van der Waals surface area contributed by atoms with Gasteiger partial charge in [-0.1, -0.05) is 24.3 Å². The third-order valence-electron chi connectivity index (χ3n) is 4.75. The summed E-state index contributed by atoms with van der Waals surface area (Å²) in [6.07, 6.45) is 4.24. The number of nitrogens with one attached hydrogen (secondary N) is 1. The van der Waals surface area contributed by atoms with E-state index in [-0.39, 0.29) is 17.9 Å². The maximum absolute atomic E-state index is 12.9. The van der Waals surface area contributed by atoms with Crippen molar-refractivity contribution in [3.8, 4) is 0 Å². The minimum Gasteiger partial charge on any atom is -0.271 e. The molecule has 1 N–H and O–H groups in total. The highest BCUT2D eigenvalue weighted by atomic mass is 32.1. The van der Waals surface area contributed by atoms with E-state index in [2.05, 4.69) is 27.8 Å². The van der Waals surface area contributed by atoms with Crippen molar-refractivity contribution in [3.63, 3.8) is 0 Å². The lowest BCUT2D eigenvalue weighted by Crippen LogP contribution is -2.32. The quantitative estimate of drug-likeness (QED) is 0.538. The number of aryl methyl sites for hydroxylation is 1. The lowest BCUT2D eigenvalue weighted by molar-refractivity contribution is -0.121. The number of halogens is 1. The van der Waals surface area contributed by atoms with E-state index < -0.39 is 5.91 Å². The molecule has 144 valence electrons. The van der Waals surface area contributed by atoms with E-state index in [4.69, 9.17) is 0 Å². The van der Waals surface area contributed by atoms with Gasteiger partial charge in [0.1, 0.15) is 12.4 Å². The number of benzene rings is 1. The molecule has 3 aromatic rings. The van der Waals surface area contributed by atoms with Crippen molar-refractivity contribution in [1.82, 2.24) is 20.4 Å². The first kappa shape index (κ1) is 18.4. The zero-order chi connectivity index (χ0) is 19.7. The van der Waals surface area contributed by atoms with Gasteiger partial charge in [0.2, 0.25) is 0 Å². The van der Waals surface area contributed by atoms with Gasteiger partial charge in [0, 0.05) is 4.88 Å². The molecule has 1 aliphatic carbocycles. The van der Waals surface area contributed by atoms with E-state index in [0.717, 1.165) is 29.5 Å². The fraction of sp³-hybridized carbons (Fsp3) is 0.316. The standard InChI is InChI=1S/C19H18FN5O2S/c1-11-2-7-14-15(8-11)28-18-17(14)19(27)25(24-23-18)10-16(26)22-21-9-12-3-5-13(20)6-4-12/h3-6,9,11H,2,7-8,10H2,1H3,(H,22,26)/t11-/m1/s1. The van der Waals surface area contributed by atoms with Crippen LogP contribution >= 0.6 is 11.3 Å². The third kappa shape index (κ3) is 3.70. The van der Waals surface area contributed by atoms with Crippen molar-refractivity contribution in [3.05, 3.63) is 56.4 Å². The van der Waals surface area contributed by atoms with Gasteiger partial charge in [-0.25, -0.2) is 14.5 Å². The first-order chi connectivity index (χ1) is 13.5. The van der Waals surface area contributed by atoms with Crippen LogP contribution in [0.2, 0.25) is 0 Å². The van der Waals surface area contributed by atoms with Crippen LogP contribution in [0.5, 0.6) is 0 Å². The first-order valence-corrected chi connectivity index (χ1v) is 9.78. The number of hydrazone groups is 1. The number of hydrogen-bond acceptors (Lipinski definition) is 6. The number of amides is 1. The Labute approximate surface area is 163 Å². The highest BCUT2D eigenvalue weighted by molar-refractivity contribution is 7.18. The molecule has 4 rings (SSSR count). The molecule has 1 amide bonds. The Balaban J connectivity index is 1.50. The largest absolute Gasteiger partial charge is 0.279 e. The van der Waals surface area contributed by atoms with Crippen molar-refractivity contribution < 1.29 is 9.18 Å². The number of carbonyl (C=O) groups excluding carboxylic acids is 1. The minimum atomic E-state index is -0.494. The van der Waals surface area contributed by atoms with Crippen molar-refractivity contribution in [1.29, 1.82) is 0 Å². The molecule has 0 spiro atoms. The molecule has 0 fully saturated rings. The molecule has 0 aliphatic heterocycles. The summed E-state index contributed by atoms with van der Waals surface area (Å²) in [5.41, 5.74) is 3.74. The van der Waals surface area contributed by atoms with Gasteiger partial charge in [-0.3, -0.25) is 9.59 Å². The van der Waals surface area contributed by atoms with Crippen molar-refractivity contribution >= 4 is 33.7 Å². The molecule has 0 saturated carbocycles. The smallest absolute Gasteiger partial charge is 0.271 e. The molecule has 9 heteroatoms. The number of rotatable bonds is 4. The number of nitrogens with zero attached hydrogens (tertiary/aromatic N) is 4. The molecule has 0 bridgehead atoms. The minimum absolute atomic E-state index is 0.274. The molecular weight excluding hydrogens is 381 g/mol. The van der Waals surface area contributed by atoms with Crippen LogP contribution in [0.15, 0.2) is 34.2 Å². The molecule has 2 aromatic heterocycles. The molecule has 2 heterocycles. The Bertz CT molecular complexity index is 1120. The molecule has 1 atom stereocenters. The Kier molecular flexibility index (Phi) is 4.99. The van der Waals surface area contributed by atoms with Gasteiger partial charge < -0.3 is 0 Å². The molecule has 7 nitrogen and oxygen atoms in total. The van der Waals surface area contributed by atoms with Crippen molar-refractivity contribution in [2.45, 2.75) is 32.7 Å². The normalized spacial score (nSPS) is 16.4. The maximum Gasteiger partial charge on any atom is 0.279 e. The van der Waals surface area contributed by atoms with Gasteiger partial charge in [-0.05, 0) is 48.4 Å². The van der Waals surface area contributed by atoms with Gasteiger partial charge in [0.25, 0.3) is 11.5 Å². The van der Waals surface area contributed by atoms with Crippen LogP contribution in [0.1, 0.15) is 29.3 Å². The Morgan fingerprint density at radius 2 is 2.21 bits per heavy atom. The predicted octanol–water partition coefficient (Wildman–Crippen LogP) is 2.27. The van der Waals surface area contributed by atoms with Crippen molar-refractivity contribution in [2.75, 3.05) is 0 Å². The monoisotopic (exact) mass is 399 g/mol. The van der Waals surface area contributed by atoms with Gasteiger partial charge in [-0.15, -0.1) is 16.4 Å². The summed E-state index contributed by atoms with van der Waals surface area (Å²) in [5, 5.41) is 12.4. The molecule has 1 aromatic carbocycles. The second-order valence-corrected chi connectivity index (χ2v) is 8.01. The predicted molar refractivity (Wildman–Crippen MR) is 105 cm³/mol. The van der Waals surface area contributed by atoms with Gasteiger partial charge in [0.05, 0.1) is 11.6 Å². The summed E-state index contributed by atoms with van der Waals surface area (Å²) < 4.78 is 13.9. The van der Waals surface area contributed by atoms with Gasteiger partial charge in [0.15, 0.2) is 4.83 Å². The number of fused-ring (bicyclic) bond motifs is 3. The maximum atomic E-state index is 12.9. The lowest BCUT2D eigenvalue weighted by Gasteiger charge is -2.17. The first-order valence-electron chi connectivity index (χ1n) is 8.97. The average molecular weight is 399 g/mol. The topological polar surface area (TPSA) is 89.2 Å². The molecule has 0 radical (unpaired) electrons. The zero-order valence-electron chi connectivity index (χ0n) is 15.2. The number of carbonyl (C=O) groups is 1. The van der Waals surface area contributed by atoms with Crippen LogP contribution in [0.4, 0.5) is 4.39 Å². The van der Waals surface area contributed by atoms with Gasteiger partial charge >= 0.3 is 0 Å². The lowest BCUT2D eigenvalue weighted by atomic mass is 9.89. The Morgan fingerprint density at radius 3 is 3.00 bits per heavy atom. The van der Waals surface area contributed by atoms with E-state index in [1.54, 1.807) is 0 Å². The Hall–Kier alpha value is -2.94. The molecular formula is C19H18FN5O2S. The SMILES string of the molecule is C[C@@H]1CCc2c(sc3nnn(CC(=O)NN=Cc4ccc(F)cc4)c(=O)c23)C1. The zero-order valence-corrected chi connectivity index (χ0v) is 16.0. The van der Waals surface area contributed by atoms with Gasteiger partial charge in [-0.2, -0.15) is 5.10 Å². The van der Waals surface area contributed by atoms with Crippen molar-refractivity contribution in [2.24, 2.45) is 11.0 Å². The summed E-state index contributed by atoms with van der Waals surface area (Å²) in [6.45, 7) is 1.93. The second-order valence-electron chi connectivity index (χ2n) is 6.93. The average Bonchev–Trinajstić information content (AvgIpc) is 3.04. The van der Waals surface area contributed by atoms with Crippen LogP contribution in [0.25, 0.3) is 10.2 Å². The van der Waals surface area contributed by atoms with E-state index in [1.807, 2.05) is 0 Å². The summed E-state index contributed by atoms with van der Waals surface area (Å²) >= 11 is 1.52. The van der Waals surface area contributed by atoms with Crippen LogP contribution in [-0.2, 0) is 24.2 Å². The summed E-state index contributed by atoms with van der Waals surface area (Å²) in [6, 6.07) is 5.68. The Morgan fingerprint density at radius 1 is 1.43 bits per heavy atom. The van der Waals surface area contributed by atoms with E-state index in [0.29, 0.717) is 21.7 Å². The highest BCUT2D eigenvalue weighted by Gasteiger charge is 2.24. The fourth-order valence-electron chi connectivity index (χ4n) is 3.29. The van der Waals surface area contributed by atoms with Crippen LogP contribution in [-0.4, -0.2) is 27.1 Å². The van der Waals surface area contributed by atoms with E-state index in [9.17, 15) is 14.0 Å². The molecule has 0 unspecified atom stereocenters. The van der Waals surface area contributed by atoms with Crippen LogP contribution < -0.4 is 11.0 Å². The fourth-order valence-corrected chi connectivity index (χ4v) is 4.61. The number of aromatic nitrogens is 3. The third-order valence-corrected chi connectivity index (χ3v) is 5.89. The number of thiophene rings is 1. The van der Waals surface area contributed by atoms with E-state index >= 15 is 0 Å².